The van der Waals surface area contributed by atoms with Gasteiger partial charge in [-0.1, -0.05) is 12.1 Å². The van der Waals surface area contributed by atoms with Crippen molar-refractivity contribution >= 4 is 17.7 Å². The molecule has 2 N–H and O–H groups in total. The summed E-state index contributed by atoms with van der Waals surface area (Å²) in [5.74, 6) is -0.304. The Bertz CT molecular complexity index is 631. The summed E-state index contributed by atoms with van der Waals surface area (Å²) in [5.41, 5.74) is 0.738. The van der Waals surface area contributed by atoms with E-state index in [0.717, 1.165) is 10.5 Å². The third-order valence-electron chi connectivity index (χ3n) is 3.18. The molecule has 0 saturated heterocycles. The number of hydrogen-bond acceptors (Lipinski definition) is 4. The number of aliphatic hydroxyl groups is 1. The van der Waals surface area contributed by atoms with Crippen LogP contribution in [0.3, 0.4) is 0 Å². The number of rotatable bonds is 7. The van der Waals surface area contributed by atoms with Crippen molar-refractivity contribution in [2.24, 2.45) is 0 Å². The van der Waals surface area contributed by atoms with Gasteiger partial charge in [-0.2, -0.15) is 0 Å². The molecule has 0 aliphatic heterocycles. The van der Waals surface area contributed by atoms with Crippen LogP contribution in [-0.4, -0.2) is 30.4 Å². The molecule has 2 rings (SSSR count). The van der Waals surface area contributed by atoms with E-state index >= 15 is 0 Å². The summed E-state index contributed by atoms with van der Waals surface area (Å²) in [7, 11) is 0. The first-order valence-corrected chi connectivity index (χ1v) is 8.28. The molecule has 4 nitrogen and oxygen atoms in total. The maximum absolute atomic E-state index is 12.7. The van der Waals surface area contributed by atoms with Gasteiger partial charge >= 0.3 is 0 Å². The zero-order valence-corrected chi connectivity index (χ0v) is 13.5. The summed E-state index contributed by atoms with van der Waals surface area (Å²) in [6.07, 6.45) is 1.20. The predicted molar refractivity (Wildman–Crippen MR) is 88.1 cm³/mol. The third kappa shape index (κ3) is 5.58. The fourth-order valence-electron chi connectivity index (χ4n) is 1.89. The summed E-state index contributed by atoms with van der Waals surface area (Å²) in [6.45, 7) is -0.0893. The Labute approximate surface area is 138 Å². The molecule has 0 aromatic heterocycles. The predicted octanol–water partition coefficient (Wildman–Crippen LogP) is 2.78. The monoisotopic (exact) mass is 335 g/mol. The summed E-state index contributed by atoms with van der Waals surface area (Å²) >= 11 is 1.62. The third-order valence-corrected chi connectivity index (χ3v) is 3.92. The minimum atomic E-state index is -0.777. The van der Waals surface area contributed by atoms with Crippen LogP contribution in [0.4, 0.5) is 4.39 Å². The number of ether oxygens (including phenoxy) is 1. The maximum atomic E-state index is 12.7. The number of aliphatic hydroxyl groups excluding tert-OH is 1. The molecule has 122 valence electrons. The van der Waals surface area contributed by atoms with Crippen molar-refractivity contribution in [3.63, 3.8) is 0 Å². The van der Waals surface area contributed by atoms with Gasteiger partial charge in [0.15, 0.2) is 6.61 Å². The molecule has 0 fully saturated rings. The van der Waals surface area contributed by atoms with E-state index in [1.54, 1.807) is 11.8 Å². The van der Waals surface area contributed by atoms with Gasteiger partial charge in [0, 0.05) is 11.4 Å². The van der Waals surface area contributed by atoms with Crippen molar-refractivity contribution in [3.8, 4) is 5.75 Å². The van der Waals surface area contributed by atoms with E-state index in [9.17, 15) is 14.3 Å². The number of amides is 1. The van der Waals surface area contributed by atoms with E-state index in [1.807, 2.05) is 30.5 Å². The molecule has 0 bridgehead atoms. The first-order valence-electron chi connectivity index (χ1n) is 7.05. The van der Waals surface area contributed by atoms with Crippen molar-refractivity contribution in [1.29, 1.82) is 0 Å². The number of nitrogens with one attached hydrogen (secondary N) is 1. The minimum absolute atomic E-state index is 0.101. The van der Waals surface area contributed by atoms with Crippen LogP contribution in [0.1, 0.15) is 11.7 Å². The lowest BCUT2D eigenvalue weighted by Crippen LogP contribution is -2.32. The summed E-state index contributed by atoms with van der Waals surface area (Å²) in [5, 5.41) is 12.6. The van der Waals surface area contributed by atoms with Gasteiger partial charge in [-0.25, -0.2) is 4.39 Å². The highest BCUT2D eigenvalue weighted by atomic mass is 32.2. The van der Waals surface area contributed by atoms with Crippen LogP contribution in [0.15, 0.2) is 53.4 Å². The Morgan fingerprint density at radius 3 is 2.48 bits per heavy atom. The van der Waals surface area contributed by atoms with Gasteiger partial charge in [-0.05, 0) is 48.2 Å². The van der Waals surface area contributed by atoms with Gasteiger partial charge in [0.05, 0.1) is 6.10 Å². The molecule has 0 radical (unpaired) electrons. The number of carbonyl (C=O) groups excluding carboxylic acids is 1. The smallest absolute Gasteiger partial charge is 0.258 e. The van der Waals surface area contributed by atoms with E-state index in [-0.39, 0.29) is 24.9 Å². The molecule has 0 saturated carbocycles. The number of hydrogen-bond donors (Lipinski definition) is 2. The minimum Gasteiger partial charge on any atom is -0.484 e. The lowest BCUT2D eigenvalue weighted by atomic mass is 10.1. The fraction of sp³-hybridized carbons (Fsp3) is 0.235. The Morgan fingerprint density at radius 2 is 1.87 bits per heavy atom. The van der Waals surface area contributed by atoms with Crippen LogP contribution >= 0.6 is 11.8 Å². The molecule has 0 aliphatic rings. The van der Waals surface area contributed by atoms with Crippen LogP contribution in [0, 0.1) is 5.82 Å². The second-order valence-corrected chi connectivity index (χ2v) is 5.72. The summed E-state index contributed by atoms with van der Waals surface area (Å²) in [6, 6.07) is 12.9. The molecule has 0 heterocycles. The van der Waals surface area contributed by atoms with E-state index in [4.69, 9.17) is 4.74 Å². The second kappa shape index (κ2) is 8.55. The fourth-order valence-corrected chi connectivity index (χ4v) is 2.29. The topological polar surface area (TPSA) is 58.6 Å². The molecular weight excluding hydrogens is 317 g/mol. The van der Waals surface area contributed by atoms with Crippen LogP contribution < -0.4 is 10.1 Å². The number of carbonyl (C=O) groups is 1. The van der Waals surface area contributed by atoms with E-state index in [1.165, 1.54) is 24.3 Å². The molecule has 0 aliphatic carbocycles. The van der Waals surface area contributed by atoms with Gasteiger partial charge < -0.3 is 15.2 Å². The van der Waals surface area contributed by atoms with Crippen molar-refractivity contribution in [2.75, 3.05) is 19.4 Å². The molecule has 2 aromatic rings. The van der Waals surface area contributed by atoms with Crippen molar-refractivity contribution in [3.05, 3.63) is 59.9 Å². The molecule has 0 spiro atoms. The van der Waals surface area contributed by atoms with Crippen molar-refractivity contribution in [1.82, 2.24) is 5.32 Å². The normalized spacial score (nSPS) is 11.8. The Morgan fingerprint density at radius 1 is 1.22 bits per heavy atom. The first kappa shape index (κ1) is 17.3. The highest BCUT2D eigenvalue weighted by molar-refractivity contribution is 7.98. The lowest BCUT2D eigenvalue weighted by molar-refractivity contribution is -0.123. The molecule has 2 aromatic carbocycles. The Kier molecular flexibility index (Phi) is 6.43. The highest BCUT2D eigenvalue weighted by Crippen LogP contribution is 2.18. The number of thioether (sulfide) groups is 1. The zero-order chi connectivity index (χ0) is 16.7. The van der Waals surface area contributed by atoms with Crippen molar-refractivity contribution < 1.29 is 19.0 Å². The van der Waals surface area contributed by atoms with E-state index in [2.05, 4.69) is 5.32 Å². The van der Waals surface area contributed by atoms with Crippen LogP contribution in [-0.2, 0) is 4.79 Å². The van der Waals surface area contributed by atoms with Gasteiger partial charge in [0.2, 0.25) is 0 Å². The molecule has 6 heteroatoms. The van der Waals surface area contributed by atoms with Crippen LogP contribution in [0.25, 0.3) is 0 Å². The van der Waals surface area contributed by atoms with Crippen LogP contribution in [0.5, 0.6) is 5.75 Å². The zero-order valence-electron chi connectivity index (χ0n) is 12.7. The largest absolute Gasteiger partial charge is 0.484 e. The lowest BCUT2D eigenvalue weighted by Gasteiger charge is -2.13. The summed E-state index contributed by atoms with van der Waals surface area (Å²) < 4.78 is 18.0. The van der Waals surface area contributed by atoms with Gasteiger partial charge in [0.25, 0.3) is 5.91 Å². The molecule has 1 amide bonds. The second-order valence-electron chi connectivity index (χ2n) is 4.84. The Balaban J connectivity index is 1.75. The quantitative estimate of drug-likeness (QED) is 0.764. The molecule has 1 atom stereocenters. The maximum Gasteiger partial charge on any atom is 0.258 e. The van der Waals surface area contributed by atoms with Gasteiger partial charge in [-0.15, -0.1) is 11.8 Å². The first-order chi connectivity index (χ1) is 11.1. The SMILES string of the molecule is CSc1ccc([C@H](O)CNC(=O)COc2ccc(F)cc2)cc1. The molecule has 0 unspecified atom stereocenters. The average molecular weight is 335 g/mol. The van der Waals surface area contributed by atoms with E-state index < -0.39 is 6.10 Å². The van der Waals surface area contributed by atoms with Gasteiger partial charge in [-0.3, -0.25) is 4.79 Å². The van der Waals surface area contributed by atoms with Crippen molar-refractivity contribution in [2.45, 2.75) is 11.0 Å². The summed E-state index contributed by atoms with van der Waals surface area (Å²) in [4.78, 5) is 12.8. The standard InChI is InChI=1S/C17H18FNO3S/c1-23-15-8-2-12(3-9-15)16(20)10-19-17(21)11-22-14-6-4-13(18)5-7-14/h2-9,16,20H,10-11H2,1H3,(H,19,21)/t16-/m1/s1. The highest BCUT2D eigenvalue weighted by Gasteiger charge is 2.10. The average Bonchev–Trinajstić information content (AvgIpc) is 2.59. The Hall–Kier alpha value is -2.05. The van der Waals surface area contributed by atoms with Crippen LogP contribution in [0.2, 0.25) is 0 Å². The van der Waals surface area contributed by atoms with E-state index in [0.29, 0.717) is 5.75 Å². The van der Waals surface area contributed by atoms with Gasteiger partial charge in [0.1, 0.15) is 11.6 Å². The molecular formula is C17H18FNO3S. The number of benzene rings is 2. The number of halogens is 1. The molecule has 23 heavy (non-hydrogen) atoms.